The van der Waals surface area contributed by atoms with Crippen molar-refractivity contribution in [2.75, 3.05) is 19.6 Å². The van der Waals surface area contributed by atoms with E-state index in [1.165, 1.54) is 96.3 Å². The lowest BCUT2D eigenvalue weighted by atomic mass is 10.0. The van der Waals surface area contributed by atoms with E-state index in [-0.39, 0.29) is 0 Å². The Hall–Kier alpha value is -0.570. The van der Waals surface area contributed by atoms with Gasteiger partial charge in [0.15, 0.2) is 0 Å². The highest BCUT2D eigenvalue weighted by molar-refractivity contribution is 5.46. The van der Waals surface area contributed by atoms with Crippen molar-refractivity contribution in [3.05, 3.63) is 0 Å². The third-order valence-corrected chi connectivity index (χ3v) is 5.15. The second-order valence-electron chi connectivity index (χ2n) is 7.53. The normalized spacial score (nSPS) is 14.0. The maximum Gasteiger partial charge on any atom is 0.224 e. The van der Waals surface area contributed by atoms with Gasteiger partial charge in [-0.05, 0) is 6.42 Å². The van der Waals surface area contributed by atoms with E-state index in [0.717, 1.165) is 32.5 Å². The summed E-state index contributed by atoms with van der Waals surface area (Å²) in [7, 11) is 0. The highest BCUT2D eigenvalue weighted by Gasteiger charge is 2.23. The maximum atomic E-state index is 10.9. The van der Waals surface area contributed by atoms with Crippen molar-refractivity contribution in [3.8, 4) is 0 Å². The number of hydrazine groups is 1. The van der Waals surface area contributed by atoms with Crippen LogP contribution in [0, 0.1) is 0 Å². The molecule has 0 radical (unpaired) electrons. The van der Waals surface area contributed by atoms with Crippen molar-refractivity contribution in [3.63, 3.8) is 0 Å². The molecule has 1 rings (SSSR count). The topological polar surface area (TPSA) is 23.3 Å². The zero-order valence-corrected chi connectivity index (χ0v) is 16.3. The first-order chi connectivity index (χ1) is 11.9. The van der Waals surface area contributed by atoms with Crippen LogP contribution in [0.25, 0.3) is 0 Å². The van der Waals surface area contributed by atoms with Gasteiger partial charge in [0.1, 0.15) is 0 Å². The standard InChI is InChI=1S/C21H42N2O/c1-2-3-4-5-6-7-8-9-10-11-12-13-14-15-16-17-18-23(21-24)22-19-20-22/h21H,2-20H2,1H3. The predicted octanol–water partition coefficient (Wildman–Crippen LogP) is 5.94. The van der Waals surface area contributed by atoms with Crippen molar-refractivity contribution in [1.29, 1.82) is 0 Å². The van der Waals surface area contributed by atoms with Crippen LogP contribution < -0.4 is 0 Å². The zero-order chi connectivity index (χ0) is 17.3. The van der Waals surface area contributed by atoms with E-state index in [1.54, 1.807) is 0 Å². The molecular formula is C21H42N2O. The average Bonchev–Trinajstić information content (AvgIpc) is 3.43. The van der Waals surface area contributed by atoms with Gasteiger partial charge < -0.3 is 0 Å². The number of nitrogens with zero attached hydrogens (tertiary/aromatic N) is 2. The minimum Gasteiger partial charge on any atom is -0.278 e. The summed E-state index contributed by atoms with van der Waals surface area (Å²) in [6.07, 6.45) is 23.3. The summed E-state index contributed by atoms with van der Waals surface area (Å²) in [5.41, 5.74) is 0. The fraction of sp³-hybridized carbons (Fsp3) is 0.952. The molecule has 24 heavy (non-hydrogen) atoms. The van der Waals surface area contributed by atoms with Crippen molar-refractivity contribution in [2.45, 2.75) is 110 Å². The summed E-state index contributed by atoms with van der Waals surface area (Å²) in [6, 6.07) is 0. The second-order valence-corrected chi connectivity index (χ2v) is 7.53. The molecule has 0 unspecified atom stereocenters. The van der Waals surface area contributed by atoms with Gasteiger partial charge in [0.2, 0.25) is 6.41 Å². The number of hydrogen-bond donors (Lipinski definition) is 0. The van der Waals surface area contributed by atoms with Crippen LogP contribution in [0.3, 0.4) is 0 Å². The van der Waals surface area contributed by atoms with Crippen LogP contribution in [-0.4, -0.2) is 36.1 Å². The quantitative estimate of drug-likeness (QED) is 0.165. The van der Waals surface area contributed by atoms with E-state index in [4.69, 9.17) is 0 Å². The Morgan fingerprint density at radius 1 is 0.667 bits per heavy atom. The van der Waals surface area contributed by atoms with Crippen molar-refractivity contribution < 1.29 is 4.79 Å². The van der Waals surface area contributed by atoms with Crippen LogP contribution >= 0.6 is 0 Å². The lowest BCUT2D eigenvalue weighted by molar-refractivity contribution is -0.126. The molecule has 3 heteroatoms. The first kappa shape index (κ1) is 21.5. The summed E-state index contributed by atoms with van der Waals surface area (Å²) in [4.78, 5) is 10.9. The molecule has 3 nitrogen and oxygen atoms in total. The molecule has 1 aliphatic heterocycles. The third-order valence-electron chi connectivity index (χ3n) is 5.15. The molecule has 1 saturated heterocycles. The zero-order valence-electron chi connectivity index (χ0n) is 16.3. The van der Waals surface area contributed by atoms with Crippen molar-refractivity contribution in [2.24, 2.45) is 0 Å². The summed E-state index contributed by atoms with van der Waals surface area (Å²) in [5, 5.41) is 3.96. The summed E-state index contributed by atoms with van der Waals surface area (Å²) in [5.74, 6) is 0. The lowest BCUT2D eigenvalue weighted by Gasteiger charge is -2.17. The molecule has 0 bridgehead atoms. The fourth-order valence-corrected chi connectivity index (χ4v) is 3.38. The van der Waals surface area contributed by atoms with Crippen LogP contribution in [0.4, 0.5) is 0 Å². The molecule has 1 aliphatic rings. The monoisotopic (exact) mass is 338 g/mol. The molecule has 0 aromatic rings. The van der Waals surface area contributed by atoms with Gasteiger partial charge >= 0.3 is 0 Å². The van der Waals surface area contributed by atoms with Gasteiger partial charge in [-0.2, -0.15) is 0 Å². The average molecular weight is 339 g/mol. The molecule has 0 spiro atoms. The Kier molecular flexibility index (Phi) is 14.3. The Labute approximate surface area is 151 Å². The fourth-order valence-electron chi connectivity index (χ4n) is 3.38. The molecule has 0 N–H and O–H groups in total. The molecule has 1 amide bonds. The van der Waals surface area contributed by atoms with Gasteiger partial charge in [-0.25, -0.2) is 5.01 Å². The highest BCUT2D eigenvalue weighted by atomic mass is 16.2. The first-order valence-electron chi connectivity index (χ1n) is 10.8. The highest BCUT2D eigenvalue weighted by Crippen LogP contribution is 2.14. The molecule has 1 fully saturated rings. The van der Waals surface area contributed by atoms with Gasteiger partial charge in [0.05, 0.1) is 0 Å². The number of unbranched alkanes of at least 4 members (excludes halogenated alkanes) is 15. The molecular weight excluding hydrogens is 296 g/mol. The van der Waals surface area contributed by atoms with E-state index < -0.39 is 0 Å². The molecule has 0 aliphatic carbocycles. The Balaban J connectivity index is 1.68. The Morgan fingerprint density at radius 2 is 1.04 bits per heavy atom. The molecule has 0 atom stereocenters. The van der Waals surface area contributed by atoms with Crippen molar-refractivity contribution >= 4 is 6.41 Å². The minimum absolute atomic E-state index is 0.919. The number of carbonyl (C=O) groups is 1. The number of hydrogen-bond acceptors (Lipinski definition) is 2. The van der Waals surface area contributed by atoms with E-state index in [9.17, 15) is 4.79 Å². The largest absolute Gasteiger partial charge is 0.278 e. The van der Waals surface area contributed by atoms with Crippen LogP contribution in [0.1, 0.15) is 110 Å². The van der Waals surface area contributed by atoms with Gasteiger partial charge in [0.25, 0.3) is 0 Å². The van der Waals surface area contributed by atoms with Gasteiger partial charge in [-0.1, -0.05) is 103 Å². The number of carbonyl (C=O) groups excluding carboxylic acids is 1. The maximum absolute atomic E-state index is 10.9. The number of rotatable bonds is 19. The molecule has 0 aromatic carbocycles. The Bertz CT molecular complexity index is 279. The second kappa shape index (κ2) is 15.9. The van der Waals surface area contributed by atoms with Crippen LogP contribution in [0.2, 0.25) is 0 Å². The molecule has 0 aromatic heterocycles. The minimum atomic E-state index is 0.919. The summed E-state index contributed by atoms with van der Waals surface area (Å²) < 4.78 is 0. The summed E-state index contributed by atoms with van der Waals surface area (Å²) >= 11 is 0. The smallest absolute Gasteiger partial charge is 0.224 e. The summed E-state index contributed by atoms with van der Waals surface area (Å²) in [6.45, 7) is 5.34. The van der Waals surface area contributed by atoms with Gasteiger partial charge in [0, 0.05) is 19.6 Å². The predicted molar refractivity (Wildman–Crippen MR) is 104 cm³/mol. The molecule has 142 valence electrons. The van der Waals surface area contributed by atoms with Crippen LogP contribution in [-0.2, 0) is 4.79 Å². The van der Waals surface area contributed by atoms with Gasteiger partial charge in [-0.15, -0.1) is 0 Å². The third kappa shape index (κ3) is 12.8. The first-order valence-corrected chi connectivity index (χ1v) is 10.8. The van der Waals surface area contributed by atoms with E-state index in [0.29, 0.717) is 0 Å². The van der Waals surface area contributed by atoms with Crippen LogP contribution in [0.5, 0.6) is 0 Å². The van der Waals surface area contributed by atoms with Gasteiger partial charge in [-0.3, -0.25) is 9.80 Å². The van der Waals surface area contributed by atoms with E-state index >= 15 is 0 Å². The van der Waals surface area contributed by atoms with Crippen LogP contribution in [0.15, 0.2) is 0 Å². The Morgan fingerprint density at radius 3 is 1.38 bits per heavy atom. The number of amides is 1. The molecule has 1 heterocycles. The van der Waals surface area contributed by atoms with E-state index in [2.05, 4.69) is 11.9 Å². The van der Waals surface area contributed by atoms with Crippen molar-refractivity contribution in [1.82, 2.24) is 10.0 Å². The molecule has 0 saturated carbocycles. The van der Waals surface area contributed by atoms with E-state index in [1.807, 2.05) is 5.01 Å². The SMILES string of the molecule is CCCCCCCCCCCCCCCCCCN(C=O)N1CC1. The lowest BCUT2D eigenvalue weighted by Crippen LogP contribution is -2.28.